The van der Waals surface area contributed by atoms with Gasteiger partial charge < -0.3 is 10.1 Å². The van der Waals surface area contributed by atoms with Crippen LogP contribution in [0.3, 0.4) is 0 Å². The predicted octanol–water partition coefficient (Wildman–Crippen LogP) is 3.92. The van der Waals surface area contributed by atoms with E-state index >= 15 is 0 Å². The highest BCUT2D eigenvalue weighted by Gasteiger charge is 2.27. The highest BCUT2D eigenvalue weighted by atomic mass is 32.2. The Morgan fingerprint density at radius 3 is 2.79 bits per heavy atom. The largest absolute Gasteiger partial charge is 0.497 e. The van der Waals surface area contributed by atoms with Gasteiger partial charge in [-0.1, -0.05) is 24.8 Å². The van der Waals surface area contributed by atoms with Crippen LogP contribution in [0, 0.1) is 10.1 Å². The highest BCUT2D eigenvalue weighted by Crippen LogP contribution is 2.35. The normalized spacial score (nSPS) is 14.5. The Bertz CT molecular complexity index is 1280. The van der Waals surface area contributed by atoms with Crippen molar-refractivity contribution in [3.8, 4) is 11.4 Å². The van der Waals surface area contributed by atoms with E-state index in [1.165, 1.54) is 34.5 Å². The molecule has 1 unspecified atom stereocenters. The monoisotopic (exact) mass is 484 g/mol. The van der Waals surface area contributed by atoms with Crippen molar-refractivity contribution < 1.29 is 14.5 Å². The van der Waals surface area contributed by atoms with E-state index in [1.807, 2.05) is 6.92 Å². The molecule has 0 bridgehead atoms. The van der Waals surface area contributed by atoms with Gasteiger partial charge in [0.05, 0.1) is 34.1 Å². The molecule has 1 N–H and O–H groups in total. The zero-order valence-corrected chi connectivity index (χ0v) is 19.4. The lowest BCUT2D eigenvalue weighted by Crippen LogP contribution is -2.24. The fraction of sp³-hybridized carbons (Fsp3) is 0.227. The van der Waals surface area contributed by atoms with Crippen LogP contribution in [0.15, 0.2) is 63.4 Å². The predicted molar refractivity (Wildman–Crippen MR) is 128 cm³/mol. The number of benzene rings is 2. The van der Waals surface area contributed by atoms with Gasteiger partial charge in [0.25, 0.3) is 11.2 Å². The fourth-order valence-electron chi connectivity index (χ4n) is 3.38. The topological polar surface area (TPSA) is 116 Å². The summed E-state index contributed by atoms with van der Waals surface area (Å²) in [5, 5.41) is 14.3. The van der Waals surface area contributed by atoms with Gasteiger partial charge in [-0.25, -0.2) is 4.98 Å². The molecule has 2 heterocycles. The first-order valence-corrected chi connectivity index (χ1v) is 11.9. The molecule has 0 spiro atoms. The lowest BCUT2D eigenvalue weighted by atomic mass is 10.2. The SMILES string of the molecule is COc1ccc(-n2c(SCC(=O)Nc3cccc([N+](=O)[O-])c3)nc3c(c2=O)SC(C)C3)cc1. The van der Waals surface area contributed by atoms with Crippen molar-refractivity contribution in [1.82, 2.24) is 9.55 Å². The number of amides is 1. The summed E-state index contributed by atoms with van der Waals surface area (Å²) in [6.07, 6.45) is 0.687. The molecular weight excluding hydrogens is 464 g/mol. The third-order valence-electron chi connectivity index (χ3n) is 4.88. The molecule has 1 aromatic heterocycles. The number of aromatic nitrogens is 2. The number of nitro benzene ring substituents is 1. The van der Waals surface area contributed by atoms with Crippen LogP contribution in [0.5, 0.6) is 5.75 Å². The van der Waals surface area contributed by atoms with Gasteiger partial charge in [0, 0.05) is 29.5 Å². The molecule has 1 atom stereocenters. The summed E-state index contributed by atoms with van der Waals surface area (Å²) in [7, 11) is 1.57. The second-order valence-corrected chi connectivity index (χ2v) is 9.68. The van der Waals surface area contributed by atoms with E-state index < -0.39 is 4.92 Å². The maximum absolute atomic E-state index is 13.3. The lowest BCUT2D eigenvalue weighted by molar-refractivity contribution is -0.384. The molecule has 0 radical (unpaired) electrons. The van der Waals surface area contributed by atoms with Gasteiger partial charge in [0.15, 0.2) is 5.16 Å². The number of thioether (sulfide) groups is 2. The molecule has 1 amide bonds. The number of ether oxygens (including phenoxy) is 1. The number of nitrogens with zero attached hydrogens (tertiary/aromatic N) is 3. The summed E-state index contributed by atoms with van der Waals surface area (Å²) < 4.78 is 6.71. The Hall–Kier alpha value is -3.31. The highest BCUT2D eigenvalue weighted by molar-refractivity contribution is 8.00. The molecule has 0 saturated heterocycles. The third kappa shape index (κ3) is 5.04. The summed E-state index contributed by atoms with van der Waals surface area (Å²) in [6, 6.07) is 12.8. The van der Waals surface area contributed by atoms with Gasteiger partial charge in [-0.2, -0.15) is 0 Å². The van der Waals surface area contributed by atoms with Crippen LogP contribution in [0.1, 0.15) is 12.6 Å². The maximum Gasteiger partial charge on any atom is 0.272 e. The lowest BCUT2D eigenvalue weighted by Gasteiger charge is -2.14. The Morgan fingerprint density at radius 1 is 1.33 bits per heavy atom. The second kappa shape index (κ2) is 9.67. The zero-order valence-electron chi connectivity index (χ0n) is 17.8. The standard InChI is InChI=1S/C22H20N4O5S2/c1-13-10-18-20(33-13)21(28)25(15-6-8-17(31-2)9-7-15)22(24-18)32-12-19(27)23-14-4-3-5-16(11-14)26(29)30/h3-9,11,13H,10,12H2,1-2H3,(H,23,27). The molecule has 2 aromatic carbocycles. The molecule has 3 aromatic rings. The summed E-state index contributed by atoms with van der Waals surface area (Å²) >= 11 is 2.65. The molecule has 11 heteroatoms. The van der Waals surface area contributed by atoms with E-state index in [4.69, 9.17) is 9.72 Å². The number of carbonyl (C=O) groups is 1. The molecular formula is C22H20N4O5S2. The third-order valence-corrected chi connectivity index (χ3v) is 7.04. The molecule has 0 saturated carbocycles. The van der Waals surface area contributed by atoms with Gasteiger partial charge in [0.1, 0.15) is 5.75 Å². The van der Waals surface area contributed by atoms with Crippen molar-refractivity contribution in [2.75, 3.05) is 18.2 Å². The summed E-state index contributed by atoms with van der Waals surface area (Å²) in [4.78, 5) is 41.6. The van der Waals surface area contributed by atoms with Crippen molar-refractivity contribution in [2.45, 2.75) is 28.6 Å². The van der Waals surface area contributed by atoms with Crippen LogP contribution in [0.4, 0.5) is 11.4 Å². The fourth-order valence-corrected chi connectivity index (χ4v) is 5.31. The first-order valence-electron chi connectivity index (χ1n) is 10.00. The summed E-state index contributed by atoms with van der Waals surface area (Å²) in [5.74, 6) is 0.279. The molecule has 33 heavy (non-hydrogen) atoms. The van der Waals surface area contributed by atoms with Crippen LogP contribution in [0.25, 0.3) is 5.69 Å². The van der Waals surface area contributed by atoms with Gasteiger partial charge in [-0.15, -0.1) is 11.8 Å². The van der Waals surface area contributed by atoms with Crippen LogP contribution in [0.2, 0.25) is 0 Å². The molecule has 1 aliphatic rings. The van der Waals surface area contributed by atoms with E-state index in [0.29, 0.717) is 33.6 Å². The Balaban J connectivity index is 1.60. The number of non-ortho nitro benzene ring substituents is 1. The van der Waals surface area contributed by atoms with Gasteiger partial charge in [-0.05, 0) is 30.3 Å². The van der Waals surface area contributed by atoms with Gasteiger partial charge in [-0.3, -0.25) is 24.3 Å². The van der Waals surface area contributed by atoms with Gasteiger partial charge >= 0.3 is 0 Å². The molecule has 170 valence electrons. The average Bonchev–Trinajstić information content (AvgIpc) is 3.18. The Morgan fingerprint density at radius 2 is 2.09 bits per heavy atom. The maximum atomic E-state index is 13.3. The van der Waals surface area contributed by atoms with E-state index in [2.05, 4.69) is 5.32 Å². The van der Waals surface area contributed by atoms with Crippen LogP contribution < -0.4 is 15.6 Å². The minimum Gasteiger partial charge on any atom is -0.497 e. The van der Waals surface area contributed by atoms with Gasteiger partial charge in [0.2, 0.25) is 5.91 Å². The molecule has 1 aliphatic heterocycles. The molecule has 0 aliphatic carbocycles. The van der Waals surface area contributed by atoms with Crippen LogP contribution in [-0.4, -0.2) is 38.5 Å². The number of anilines is 1. The average molecular weight is 485 g/mol. The van der Waals surface area contributed by atoms with E-state index in [-0.39, 0.29) is 28.2 Å². The molecule has 0 fully saturated rings. The first kappa shape index (κ1) is 22.9. The number of methoxy groups -OCH3 is 1. The van der Waals surface area contributed by atoms with Crippen LogP contribution in [-0.2, 0) is 11.2 Å². The number of nitrogens with one attached hydrogen (secondary N) is 1. The van der Waals surface area contributed by atoms with Crippen molar-refractivity contribution >= 4 is 40.8 Å². The zero-order chi connectivity index (χ0) is 23.5. The quantitative estimate of drug-likeness (QED) is 0.232. The smallest absolute Gasteiger partial charge is 0.272 e. The van der Waals surface area contributed by atoms with Crippen molar-refractivity contribution in [3.05, 3.63) is 74.7 Å². The minimum atomic E-state index is -0.522. The van der Waals surface area contributed by atoms with Crippen molar-refractivity contribution in [1.29, 1.82) is 0 Å². The minimum absolute atomic E-state index is 0.0211. The number of hydrogen-bond donors (Lipinski definition) is 1. The van der Waals surface area contributed by atoms with E-state index in [9.17, 15) is 19.7 Å². The Labute approximate surface area is 197 Å². The van der Waals surface area contributed by atoms with E-state index in [0.717, 1.165) is 17.5 Å². The first-order chi connectivity index (χ1) is 15.9. The molecule has 9 nitrogen and oxygen atoms in total. The second-order valence-electron chi connectivity index (χ2n) is 7.29. The number of fused-ring (bicyclic) bond motifs is 1. The Kier molecular flexibility index (Phi) is 6.70. The summed E-state index contributed by atoms with van der Waals surface area (Å²) in [5.41, 5.74) is 1.41. The van der Waals surface area contributed by atoms with Crippen LogP contribution >= 0.6 is 23.5 Å². The van der Waals surface area contributed by atoms with Crippen molar-refractivity contribution in [3.63, 3.8) is 0 Å². The van der Waals surface area contributed by atoms with E-state index in [1.54, 1.807) is 37.4 Å². The number of carbonyl (C=O) groups excluding carboxylic acids is 1. The number of rotatable bonds is 7. The number of hydrogen-bond acceptors (Lipinski definition) is 8. The van der Waals surface area contributed by atoms with Crippen molar-refractivity contribution in [2.24, 2.45) is 0 Å². The molecule has 4 rings (SSSR count). The summed E-state index contributed by atoms with van der Waals surface area (Å²) in [6.45, 7) is 2.04. The number of nitro groups is 1.